The Morgan fingerprint density at radius 2 is 1.90 bits per heavy atom. The van der Waals surface area contributed by atoms with E-state index in [2.05, 4.69) is 4.98 Å². The van der Waals surface area contributed by atoms with Gasteiger partial charge in [0.15, 0.2) is 0 Å². The van der Waals surface area contributed by atoms with Crippen molar-refractivity contribution < 1.29 is 17.9 Å². The van der Waals surface area contributed by atoms with Gasteiger partial charge >= 0.3 is 6.18 Å². The summed E-state index contributed by atoms with van der Waals surface area (Å²) in [6.07, 6.45) is -1.96. The molecular formula is C15H21F3N2O. The first-order chi connectivity index (χ1) is 9.82. The minimum absolute atomic E-state index is 0.172. The molecule has 0 unspecified atom stereocenters. The number of aromatic nitrogens is 1. The maximum absolute atomic E-state index is 12.7. The highest BCUT2D eigenvalue weighted by atomic mass is 19.4. The molecule has 1 saturated heterocycles. The third-order valence-electron chi connectivity index (χ3n) is 4.17. The average Bonchev–Trinajstić information content (AvgIpc) is 2.42. The Balaban J connectivity index is 2.01. The minimum atomic E-state index is -4.06. The van der Waals surface area contributed by atoms with Crippen molar-refractivity contribution in [3.05, 3.63) is 23.0 Å². The van der Waals surface area contributed by atoms with E-state index in [9.17, 15) is 13.2 Å². The molecule has 0 spiro atoms. The largest absolute Gasteiger partial charge is 0.496 e. The lowest BCUT2D eigenvalue weighted by atomic mass is 9.96. The van der Waals surface area contributed by atoms with Crippen LogP contribution in [0.4, 0.5) is 13.2 Å². The van der Waals surface area contributed by atoms with Gasteiger partial charge in [0, 0.05) is 23.9 Å². The van der Waals surface area contributed by atoms with Crippen molar-refractivity contribution in [1.29, 1.82) is 0 Å². The van der Waals surface area contributed by atoms with Crippen LogP contribution >= 0.6 is 0 Å². The van der Waals surface area contributed by atoms with Gasteiger partial charge in [0.25, 0.3) is 0 Å². The van der Waals surface area contributed by atoms with E-state index in [-0.39, 0.29) is 12.8 Å². The summed E-state index contributed by atoms with van der Waals surface area (Å²) >= 11 is 0. The van der Waals surface area contributed by atoms with Gasteiger partial charge in [-0.15, -0.1) is 0 Å². The zero-order chi connectivity index (χ0) is 15.6. The average molecular weight is 302 g/mol. The van der Waals surface area contributed by atoms with Gasteiger partial charge < -0.3 is 4.74 Å². The molecule has 0 aliphatic carbocycles. The van der Waals surface area contributed by atoms with E-state index in [1.165, 1.54) is 0 Å². The van der Waals surface area contributed by atoms with Crippen LogP contribution in [0.5, 0.6) is 5.75 Å². The Morgan fingerprint density at radius 1 is 1.29 bits per heavy atom. The van der Waals surface area contributed by atoms with Gasteiger partial charge in [0.1, 0.15) is 5.75 Å². The van der Waals surface area contributed by atoms with Crippen molar-refractivity contribution >= 4 is 0 Å². The van der Waals surface area contributed by atoms with Crippen molar-refractivity contribution in [3.8, 4) is 5.75 Å². The van der Waals surface area contributed by atoms with Crippen LogP contribution in [0, 0.1) is 19.8 Å². The summed E-state index contributed by atoms with van der Waals surface area (Å²) in [6.45, 7) is 5.37. The van der Waals surface area contributed by atoms with E-state index >= 15 is 0 Å². The van der Waals surface area contributed by atoms with E-state index in [0.29, 0.717) is 19.6 Å². The fourth-order valence-electron chi connectivity index (χ4n) is 2.86. The summed E-state index contributed by atoms with van der Waals surface area (Å²) in [5.74, 6) is -0.347. The molecular weight excluding hydrogens is 281 g/mol. The molecule has 2 rings (SSSR count). The topological polar surface area (TPSA) is 25.4 Å². The summed E-state index contributed by atoms with van der Waals surface area (Å²) < 4.78 is 43.3. The van der Waals surface area contributed by atoms with Crippen molar-refractivity contribution in [1.82, 2.24) is 9.88 Å². The van der Waals surface area contributed by atoms with Crippen LogP contribution in [-0.4, -0.2) is 36.3 Å². The lowest BCUT2D eigenvalue weighted by Crippen LogP contribution is -2.38. The molecule has 1 aliphatic heterocycles. The van der Waals surface area contributed by atoms with E-state index in [1.54, 1.807) is 13.3 Å². The molecule has 6 heteroatoms. The van der Waals surface area contributed by atoms with Gasteiger partial charge in [0.2, 0.25) is 0 Å². The highest BCUT2D eigenvalue weighted by molar-refractivity contribution is 5.41. The number of nitrogens with zero attached hydrogens (tertiary/aromatic N) is 2. The molecule has 118 valence electrons. The van der Waals surface area contributed by atoms with Gasteiger partial charge in [-0.3, -0.25) is 9.88 Å². The Labute approximate surface area is 123 Å². The van der Waals surface area contributed by atoms with E-state index in [4.69, 9.17) is 4.74 Å². The van der Waals surface area contributed by atoms with Crippen molar-refractivity contribution in [3.63, 3.8) is 0 Å². The van der Waals surface area contributed by atoms with Crippen LogP contribution in [0.3, 0.4) is 0 Å². The van der Waals surface area contributed by atoms with Gasteiger partial charge in [0.05, 0.1) is 18.7 Å². The molecule has 0 amide bonds. The minimum Gasteiger partial charge on any atom is -0.496 e. The Morgan fingerprint density at radius 3 is 2.43 bits per heavy atom. The zero-order valence-corrected chi connectivity index (χ0v) is 12.6. The first-order valence-corrected chi connectivity index (χ1v) is 7.11. The summed E-state index contributed by atoms with van der Waals surface area (Å²) in [5, 5.41) is 0. The number of methoxy groups -OCH3 is 1. The van der Waals surface area contributed by atoms with Crippen LogP contribution in [0.1, 0.15) is 29.7 Å². The summed E-state index contributed by atoms with van der Waals surface area (Å²) in [5.41, 5.74) is 2.81. The standard InChI is InChI=1S/C15H21F3N2O/c1-10-8-19-13(11(2)14(10)21-3)9-20-6-4-12(5-7-20)15(16,17)18/h8,12H,4-7,9H2,1-3H3. The van der Waals surface area contributed by atoms with Gasteiger partial charge in [-0.05, 0) is 39.8 Å². The molecule has 2 heterocycles. The first-order valence-electron chi connectivity index (χ1n) is 7.11. The molecule has 0 N–H and O–H groups in total. The van der Waals surface area contributed by atoms with Crippen molar-refractivity contribution in [2.24, 2.45) is 5.92 Å². The number of halogens is 3. The van der Waals surface area contributed by atoms with Crippen LogP contribution < -0.4 is 4.74 Å². The Bertz CT molecular complexity index is 494. The van der Waals surface area contributed by atoms with Crippen molar-refractivity contribution in [2.45, 2.75) is 39.4 Å². The molecule has 1 aromatic rings. The van der Waals surface area contributed by atoms with E-state index in [0.717, 1.165) is 22.6 Å². The van der Waals surface area contributed by atoms with Gasteiger partial charge in [-0.2, -0.15) is 13.2 Å². The fraction of sp³-hybridized carbons (Fsp3) is 0.667. The molecule has 0 aromatic carbocycles. The summed E-state index contributed by atoms with van der Waals surface area (Å²) in [6, 6.07) is 0. The molecule has 0 bridgehead atoms. The predicted octanol–water partition coefficient (Wildman–Crippen LogP) is 3.48. The summed E-state index contributed by atoms with van der Waals surface area (Å²) in [7, 11) is 1.62. The fourth-order valence-corrected chi connectivity index (χ4v) is 2.86. The number of hydrogen-bond donors (Lipinski definition) is 0. The molecule has 3 nitrogen and oxygen atoms in total. The molecule has 1 aliphatic rings. The number of piperidine rings is 1. The first kappa shape index (κ1) is 16.1. The monoisotopic (exact) mass is 302 g/mol. The maximum atomic E-state index is 12.7. The van der Waals surface area contributed by atoms with Crippen LogP contribution in [0.25, 0.3) is 0 Å². The van der Waals surface area contributed by atoms with E-state index in [1.807, 2.05) is 18.7 Å². The number of ether oxygens (including phenoxy) is 1. The highest BCUT2D eigenvalue weighted by Gasteiger charge is 2.41. The molecule has 0 saturated carbocycles. The molecule has 0 atom stereocenters. The number of hydrogen-bond acceptors (Lipinski definition) is 3. The number of likely N-dealkylation sites (tertiary alicyclic amines) is 1. The molecule has 1 aromatic heterocycles. The number of aryl methyl sites for hydroxylation is 1. The van der Waals surface area contributed by atoms with Crippen LogP contribution in [-0.2, 0) is 6.54 Å². The second-order valence-electron chi connectivity index (χ2n) is 5.64. The third kappa shape index (κ3) is 3.67. The van der Waals surface area contributed by atoms with E-state index < -0.39 is 12.1 Å². The number of rotatable bonds is 3. The van der Waals surface area contributed by atoms with Crippen molar-refractivity contribution in [2.75, 3.05) is 20.2 Å². The maximum Gasteiger partial charge on any atom is 0.391 e. The zero-order valence-electron chi connectivity index (χ0n) is 12.6. The number of alkyl halides is 3. The lowest BCUT2D eigenvalue weighted by Gasteiger charge is -2.33. The molecule has 1 fully saturated rings. The van der Waals surface area contributed by atoms with Crippen LogP contribution in [0.15, 0.2) is 6.20 Å². The number of pyridine rings is 1. The van der Waals surface area contributed by atoms with Gasteiger partial charge in [-0.25, -0.2) is 0 Å². The second-order valence-corrected chi connectivity index (χ2v) is 5.64. The van der Waals surface area contributed by atoms with Gasteiger partial charge in [-0.1, -0.05) is 0 Å². The van der Waals surface area contributed by atoms with Crippen LogP contribution in [0.2, 0.25) is 0 Å². The SMILES string of the molecule is COc1c(C)cnc(CN2CCC(C(F)(F)F)CC2)c1C. The molecule has 21 heavy (non-hydrogen) atoms. The second kappa shape index (κ2) is 6.22. The predicted molar refractivity (Wildman–Crippen MR) is 74.3 cm³/mol. The smallest absolute Gasteiger partial charge is 0.391 e. The highest BCUT2D eigenvalue weighted by Crippen LogP contribution is 2.34. The normalized spacial score (nSPS) is 18.0. The third-order valence-corrected chi connectivity index (χ3v) is 4.17. The Hall–Kier alpha value is -1.30. The lowest BCUT2D eigenvalue weighted by molar-refractivity contribution is -0.185. The quantitative estimate of drug-likeness (QED) is 0.855. The molecule has 0 radical (unpaired) electrons. The Kier molecular flexibility index (Phi) is 4.76. The summed E-state index contributed by atoms with van der Waals surface area (Å²) in [4.78, 5) is 6.44.